The van der Waals surface area contributed by atoms with Crippen LogP contribution < -0.4 is 17.2 Å². The second-order valence-corrected chi connectivity index (χ2v) is 5.66. The normalized spacial score (nSPS) is 20.2. The highest BCUT2D eigenvalue weighted by molar-refractivity contribution is 5.93. The fourth-order valence-electron chi connectivity index (χ4n) is 2.70. The number of likely N-dealkylation sites (tertiary alicyclic amines) is 1. The fourth-order valence-corrected chi connectivity index (χ4v) is 2.70. The Morgan fingerprint density at radius 1 is 1.33 bits per heavy atom. The molecule has 0 bridgehead atoms. The Balaban J connectivity index is 2.05. The molecule has 1 aliphatic heterocycles. The lowest BCUT2D eigenvalue weighted by Gasteiger charge is -2.30. The number of piperidine rings is 1. The molecule has 0 amide bonds. The van der Waals surface area contributed by atoms with Crippen LogP contribution in [0.3, 0.4) is 0 Å². The van der Waals surface area contributed by atoms with Crippen LogP contribution in [0.5, 0.6) is 0 Å². The van der Waals surface area contributed by atoms with Gasteiger partial charge in [0.15, 0.2) is 5.96 Å². The number of guanidine groups is 2. The van der Waals surface area contributed by atoms with E-state index in [4.69, 9.17) is 17.2 Å². The van der Waals surface area contributed by atoms with Crippen LogP contribution in [0.4, 0.5) is 5.69 Å². The van der Waals surface area contributed by atoms with Gasteiger partial charge in [-0.3, -0.25) is 4.90 Å². The Bertz CT molecular complexity index is 533. The summed E-state index contributed by atoms with van der Waals surface area (Å²) in [6, 6.07) is 7.99. The molecule has 6 N–H and O–H groups in total. The van der Waals surface area contributed by atoms with Crippen molar-refractivity contribution in [2.24, 2.45) is 33.1 Å². The molecule has 1 aliphatic rings. The smallest absolute Gasteiger partial charge is 0.223 e. The van der Waals surface area contributed by atoms with Crippen LogP contribution >= 0.6 is 0 Å². The molecule has 6 heteroatoms. The van der Waals surface area contributed by atoms with Crippen LogP contribution in [0, 0.1) is 5.92 Å². The molecule has 114 valence electrons. The highest BCUT2D eigenvalue weighted by atomic mass is 15.1. The van der Waals surface area contributed by atoms with Crippen molar-refractivity contribution >= 4 is 17.6 Å². The minimum Gasteiger partial charge on any atom is -0.370 e. The molecule has 1 fully saturated rings. The second kappa shape index (κ2) is 7.08. The third-order valence-corrected chi connectivity index (χ3v) is 3.55. The maximum Gasteiger partial charge on any atom is 0.223 e. The standard InChI is InChI=1S/C15H24N6/c1-11-4-3-7-21(9-11)10-12-5-2-6-13(8-12)19-15(18)20-14(16)17/h2,5-6,8,11H,3-4,7,9-10H2,1H3,(H6,16,17,18,19,20). The van der Waals surface area contributed by atoms with Crippen LogP contribution in [-0.2, 0) is 6.54 Å². The van der Waals surface area contributed by atoms with Crippen molar-refractivity contribution in [3.8, 4) is 0 Å². The maximum absolute atomic E-state index is 5.65. The Morgan fingerprint density at radius 2 is 2.14 bits per heavy atom. The number of benzene rings is 1. The molecule has 0 radical (unpaired) electrons. The molecule has 0 aliphatic carbocycles. The summed E-state index contributed by atoms with van der Waals surface area (Å²) in [4.78, 5) is 10.4. The molecule has 1 atom stereocenters. The van der Waals surface area contributed by atoms with E-state index in [1.54, 1.807) is 0 Å². The van der Waals surface area contributed by atoms with E-state index in [9.17, 15) is 0 Å². The van der Waals surface area contributed by atoms with Gasteiger partial charge in [0.05, 0.1) is 5.69 Å². The summed E-state index contributed by atoms with van der Waals surface area (Å²) in [7, 11) is 0. The number of nitrogens with zero attached hydrogens (tertiary/aromatic N) is 3. The maximum atomic E-state index is 5.65. The number of nitrogens with two attached hydrogens (primary N) is 3. The van der Waals surface area contributed by atoms with E-state index in [1.165, 1.54) is 18.4 Å². The zero-order valence-electron chi connectivity index (χ0n) is 12.5. The van der Waals surface area contributed by atoms with Gasteiger partial charge in [0.25, 0.3) is 0 Å². The van der Waals surface area contributed by atoms with E-state index >= 15 is 0 Å². The van der Waals surface area contributed by atoms with Gasteiger partial charge in [-0.15, -0.1) is 0 Å². The average Bonchev–Trinajstić information content (AvgIpc) is 2.37. The molecule has 0 aromatic heterocycles. The molecule has 1 aromatic carbocycles. The first-order chi connectivity index (χ1) is 10.0. The molecular weight excluding hydrogens is 264 g/mol. The van der Waals surface area contributed by atoms with Gasteiger partial charge in [0.1, 0.15) is 0 Å². The van der Waals surface area contributed by atoms with Crippen LogP contribution in [0.1, 0.15) is 25.3 Å². The number of rotatable bonds is 3. The van der Waals surface area contributed by atoms with Crippen molar-refractivity contribution in [3.63, 3.8) is 0 Å². The Kier molecular flexibility index (Phi) is 5.16. The monoisotopic (exact) mass is 288 g/mol. The van der Waals surface area contributed by atoms with Gasteiger partial charge in [-0.05, 0) is 43.0 Å². The fraction of sp³-hybridized carbons (Fsp3) is 0.467. The third-order valence-electron chi connectivity index (χ3n) is 3.55. The molecule has 1 unspecified atom stereocenters. The molecular formula is C15H24N6. The lowest BCUT2D eigenvalue weighted by molar-refractivity contribution is 0.176. The topological polar surface area (TPSA) is 106 Å². The summed E-state index contributed by atoms with van der Waals surface area (Å²) in [5.41, 5.74) is 18.2. The predicted molar refractivity (Wildman–Crippen MR) is 87.2 cm³/mol. The quantitative estimate of drug-likeness (QED) is 0.572. The summed E-state index contributed by atoms with van der Waals surface area (Å²) in [6.07, 6.45) is 2.60. The SMILES string of the molecule is CC1CCCN(Cc2cccc(N=C(N)N=C(N)N)c2)C1. The van der Waals surface area contributed by atoms with Crippen LogP contribution in [-0.4, -0.2) is 29.9 Å². The Hall–Kier alpha value is -2.08. The lowest BCUT2D eigenvalue weighted by atomic mass is 10.00. The number of aliphatic imine (C=N–C) groups is 2. The van der Waals surface area contributed by atoms with Gasteiger partial charge in [-0.1, -0.05) is 19.1 Å². The summed E-state index contributed by atoms with van der Waals surface area (Å²) in [5, 5.41) is 0. The number of hydrogen-bond donors (Lipinski definition) is 3. The van der Waals surface area contributed by atoms with E-state index < -0.39 is 0 Å². The zero-order valence-corrected chi connectivity index (χ0v) is 12.5. The van der Waals surface area contributed by atoms with Gasteiger partial charge in [0, 0.05) is 13.1 Å². The molecule has 6 nitrogen and oxygen atoms in total. The Morgan fingerprint density at radius 3 is 2.86 bits per heavy atom. The van der Waals surface area contributed by atoms with Crippen molar-refractivity contribution in [1.29, 1.82) is 0 Å². The van der Waals surface area contributed by atoms with Gasteiger partial charge in [-0.2, -0.15) is 4.99 Å². The molecule has 2 rings (SSSR count). The van der Waals surface area contributed by atoms with E-state index in [0.717, 1.165) is 31.2 Å². The first-order valence-corrected chi connectivity index (χ1v) is 7.28. The highest BCUT2D eigenvalue weighted by Gasteiger charge is 2.16. The summed E-state index contributed by atoms with van der Waals surface area (Å²) in [5.74, 6) is 0.755. The lowest BCUT2D eigenvalue weighted by Crippen LogP contribution is -2.33. The van der Waals surface area contributed by atoms with E-state index in [2.05, 4.69) is 27.9 Å². The molecule has 1 saturated heterocycles. The zero-order chi connectivity index (χ0) is 15.2. The van der Waals surface area contributed by atoms with E-state index in [1.807, 2.05) is 18.2 Å². The van der Waals surface area contributed by atoms with Crippen LogP contribution in [0.15, 0.2) is 34.3 Å². The van der Waals surface area contributed by atoms with Crippen molar-refractivity contribution in [1.82, 2.24) is 4.90 Å². The Labute approximate surface area is 125 Å². The van der Waals surface area contributed by atoms with Gasteiger partial charge in [-0.25, -0.2) is 4.99 Å². The molecule has 0 saturated carbocycles. The van der Waals surface area contributed by atoms with Crippen molar-refractivity contribution in [2.75, 3.05) is 13.1 Å². The van der Waals surface area contributed by atoms with Crippen molar-refractivity contribution in [3.05, 3.63) is 29.8 Å². The third kappa shape index (κ3) is 5.07. The van der Waals surface area contributed by atoms with Crippen molar-refractivity contribution < 1.29 is 0 Å². The summed E-state index contributed by atoms with van der Waals surface area (Å²) < 4.78 is 0. The van der Waals surface area contributed by atoms with Crippen LogP contribution in [0.2, 0.25) is 0 Å². The first kappa shape index (κ1) is 15.3. The first-order valence-electron chi connectivity index (χ1n) is 7.28. The molecule has 1 aromatic rings. The minimum absolute atomic E-state index is 0.0683. The highest BCUT2D eigenvalue weighted by Crippen LogP contribution is 2.20. The molecule has 1 heterocycles. The van der Waals surface area contributed by atoms with Gasteiger partial charge in [0.2, 0.25) is 5.96 Å². The van der Waals surface area contributed by atoms with Gasteiger partial charge >= 0.3 is 0 Å². The van der Waals surface area contributed by atoms with Crippen molar-refractivity contribution in [2.45, 2.75) is 26.3 Å². The summed E-state index contributed by atoms with van der Waals surface area (Å²) in [6.45, 7) is 5.57. The second-order valence-electron chi connectivity index (χ2n) is 5.66. The predicted octanol–water partition coefficient (Wildman–Crippen LogP) is 1.14. The van der Waals surface area contributed by atoms with Gasteiger partial charge < -0.3 is 17.2 Å². The molecule has 21 heavy (non-hydrogen) atoms. The van der Waals surface area contributed by atoms with E-state index in [0.29, 0.717) is 0 Å². The molecule has 0 spiro atoms. The summed E-state index contributed by atoms with van der Waals surface area (Å²) >= 11 is 0. The number of hydrogen-bond acceptors (Lipinski definition) is 2. The average molecular weight is 288 g/mol. The van der Waals surface area contributed by atoms with E-state index in [-0.39, 0.29) is 11.9 Å². The minimum atomic E-state index is -0.0882. The van der Waals surface area contributed by atoms with Crippen LogP contribution in [0.25, 0.3) is 0 Å². The largest absolute Gasteiger partial charge is 0.370 e.